The molecule has 2 aromatic heterocycles. The molecule has 48 heavy (non-hydrogen) atoms. The van der Waals surface area contributed by atoms with Crippen molar-refractivity contribution in [2.24, 2.45) is 0 Å². The molecule has 2 fully saturated rings. The minimum atomic E-state index is 0.126. The van der Waals surface area contributed by atoms with Gasteiger partial charge in [-0.1, -0.05) is 59.6 Å². The maximum Gasteiger partial charge on any atom is 0.237 e. The summed E-state index contributed by atoms with van der Waals surface area (Å²) in [5.74, 6) is 1.03. The largest absolute Gasteiger partial charge is 0.480 e. The number of aromatic nitrogens is 4. The van der Waals surface area contributed by atoms with Crippen molar-refractivity contribution in [3.63, 3.8) is 0 Å². The first-order chi connectivity index (χ1) is 23.4. The monoisotopic (exact) mass is 690 g/mol. The third-order valence-corrected chi connectivity index (χ3v) is 9.77. The van der Waals surface area contributed by atoms with Crippen LogP contribution in [0.5, 0.6) is 11.8 Å². The Morgan fingerprint density at radius 1 is 0.875 bits per heavy atom. The highest BCUT2D eigenvalue weighted by atomic mass is 35.5. The number of hydrogen-bond acceptors (Lipinski definition) is 9. The number of amides is 1. The third kappa shape index (κ3) is 7.57. The number of benzene rings is 2. The predicted molar refractivity (Wildman–Crippen MR) is 186 cm³/mol. The van der Waals surface area contributed by atoms with Gasteiger partial charge in [-0.3, -0.25) is 14.8 Å². The number of carbonyl (C=O) groups is 1. The lowest BCUT2D eigenvalue weighted by molar-refractivity contribution is -0.119. The van der Waals surface area contributed by atoms with Crippen LogP contribution in [0.15, 0.2) is 48.8 Å². The fourth-order valence-corrected chi connectivity index (χ4v) is 6.95. The molecule has 0 bridgehead atoms. The molecular formula is C36H40Cl2N6O4. The van der Waals surface area contributed by atoms with Gasteiger partial charge >= 0.3 is 0 Å². The maximum absolute atomic E-state index is 11.5. The Balaban J connectivity index is 1.20. The SMILES string of the molecule is CCOC1CC(NCc2ncc(-c3cccc(-c4cccc(-c5cnc(CCC[C@@H]6CCC(=O)N6)c(OC)n5)c4Cl)c3Cl)nc2OC)C1. The minimum Gasteiger partial charge on any atom is -0.480 e. The molecule has 252 valence electrons. The van der Waals surface area contributed by atoms with E-state index >= 15 is 0 Å². The molecule has 6 rings (SSSR count). The zero-order valence-corrected chi connectivity index (χ0v) is 28.9. The van der Waals surface area contributed by atoms with E-state index in [4.69, 9.17) is 47.4 Å². The Kier molecular flexibility index (Phi) is 11.1. The lowest BCUT2D eigenvalue weighted by atomic mass is 9.89. The van der Waals surface area contributed by atoms with Gasteiger partial charge in [0, 0.05) is 53.9 Å². The average Bonchev–Trinajstić information content (AvgIpc) is 3.50. The van der Waals surface area contributed by atoms with Gasteiger partial charge in [0.05, 0.1) is 54.2 Å². The molecule has 12 heteroatoms. The molecule has 2 aliphatic rings. The van der Waals surface area contributed by atoms with E-state index in [0.717, 1.165) is 61.2 Å². The van der Waals surface area contributed by atoms with Crippen molar-refractivity contribution < 1.29 is 19.0 Å². The van der Waals surface area contributed by atoms with Gasteiger partial charge in [-0.2, -0.15) is 0 Å². The summed E-state index contributed by atoms with van der Waals surface area (Å²) in [7, 11) is 3.18. The number of rotatable bonds is 14. The highest BCUT2D eigenvalue weighted by molar-refractivity contribution is 6.39. The number of hydrogen-bond donors (Lipinski definition) is 2. The number of nitrogens with one attached hydrogen (secondary N) is 2. The number of methoxy groups -OCH3 is 2. The summed E-state index contributed by atoms with van der Waals surface area (Å²) in [6.45, 7) is 3.31. The summed E-state index contributed by atoms with van der Waals surface area (Å²) in [6.07, 6.45) is 9.68. The molecule has 1 saturated heterocycles. The molecule has 10 nitrogen and oxygen atoms in total. The summed E-state index contributed by atoms with van der Waals surface area (Å²) < 4.78 is 16.9. The quantitative estimate of drug-likeness (QED) is 0.146. The number of ether oxygens (including phenoxy) is 3. The Hall–Kier alpha value is -3.83. The van der Waals surface area contributed by atoms with E-state index in [-0.39, 0.29) is 11.9 Å². The fourth-order valence-electron chi connectivity index (χ4n) is 6.30. The Labute approximate surface area is 291 Å². The summed E-state index contributed by atoms with van der Waals surface area (Å²) in [5, 5.41) is 7.52. The smallest absolute Gasteiger partial charge is 0.237 e. The maximum atomic E-state index is 11.5. The van der Waals surface area contributed by atoms with Crippen molar-refractivity contribution in [1.29, 1.82) is 0 Å². The number of carbonyl (C=O) groups excluding carboxylic acids is 1. The van der Waals surface area contributed by atoms with E-state index in [0.29, 0.717) is 75.9 Å². The standard InChI is InChI=1S/C36H40Cl2N6O4/c1-4-48-23-16-22(17-23)39-20-31-36(47-3)44-30(19-41-31)27-12-7-10-25(34(27)38)24-9-6-11-26(33(24)37)29-18-40-28(35(43-29)46-2)13-5-8-21-14-15-32(45)42-21/h6-7,9-12,18-19,21-23,39H,4-5,8,13-17,20H2,1-3H3,(H,42,45)/t21-,22?,23?/m1/s1. The second-order valence-electron chi connectivity index (χ2n) is 12.1. The van der Waals surface area contributed by atoms with Gasteiger partial charge in [-0.15, -0.1) is 0 Å². The molecule has 3 heterocycles. The van der Waals surface area contributed by atoms with Crippen LogP contribution in [0.3, 0.4) is 0 Å². The fraction of sp³-hybridized carbons (Fsp3) is 0.417. The molecule has 1 aliphatic heterocycles. The Bertz CT molecular complexity index is 1770. The molecule has 0 spiro atoms. The van der Waals surface area contributed by atoms with Crippen molar-refractivity contribution in [2.45, 2.75) is 76.6 Å². The number of aryl methyl sites for hydroxylation is 1. The predicted octanol–water partition coefficient (Wildman–Crippen LogP) is 6.85. The molecule has 0 radical (unpaired) electrons. The zero-order chi connectivity index (χ0) is 33.6. The third-order valence-electron chi connectivity index (χ3n) is 8.96. The van der Waals surface area contributed by atoms with Crippen molar-refractivity contribution >= 4 is 29.1 Å². The Morgan fingerprint density at radius 3 is 2.02 bits per heavy atom. The van der Waals surface area contributed by atoms with Gasteiger partial charge in [0.15, 0.2) is 0 Å². The van der Waals surface area contributed by atoms with E-state index in [2.05, 4.69) is 20.6 Å². The molecule has 1 saturated carbocycles. The van der Waals surface area contributed by atoms with Crippen molar-refractivity contribution in [1.82, 2.24) is 30.6 Å². The van der Waals surface area contributed by atoms with Crippen LogP contribution in [-0.2, 0) is 22.5 Å². The second-order valence-corrected chi connectivity index (χ2v) is 12.8. The van der Waals surface area contributed by atoms with Crippen LogP contribution in [0.25, 0.3) is 33.6 Å². The molecule has 1 atom stereocenters. The first-order valence-corrected chi connectivity index (χ1v) is 17.2. The van der Waals surface area contributed by atoms with Gasteiger partial charge in [-0.25, -0.2) is 9.97 Å². The first kappa shape index (κ1) is 34.0. The lowest BCUT2D eigenvalue weighted by Crippen LogP contribution is -2.45. The van der Waals surface area contributed by atoms with E-state index in [1.807, 2.05) is 43.3 Å². The van der Waals surface area contributed by atoms with E-state index in [9.17, 15) is 4.79 Å². The summed E-state index contributed by atoms with van der Waals surface area (Å²) in [4.78, 5) is 30.4. The summed E-state index contributed by atoms with van der Waals surface area (Å²) in [6, 6.07) is 12.1. The van der Waals surface area contributed by atoms with Crippen LogP contribution >= 0.6 is 23.2 Å². The van der Waals surface area contributed by atoms with Crippen LogP contribution in [-0.4, -0.2) is 64.9 Å². The van der Waals surface area contributed by atoms with Gasteiger partial charge in [0.25, 0.3) is 0 Å². The van der Waals surface area contributed by atoms with E-state index in [1.165, 1.54) is 0 Å². The number of nitrogens with zero attached hydrogens (tertiary/aromatic N) is 4. The van der Waals surface area contributed by atoms with Crippen LogP contribution in [0.2, 0.25) is 10.0 Å². The van der Waals surface area contributed by atoms with Crippen LogP contribution < -0.4 is 20.1 Å². The van der Waals surface area contributed by atoms with Crippen molar-refractivity contribution in [2.75, 3.05) is 20.8 Å². The molecule has 1 amide bonds. The first-order valence-electron chi connectivity index (χ1n) is 16.4. The van der Waals surface area contributed by atoms with Crippen LogP contribution in [0, 0.1) is 0 Å². The zero-order valence-electron chi connectivity index (χ0n) is 27.4. The molecule has 1 aliphatic carbocycles. The summed E-state index contributed by atoms with van der Waals surface area (Å²) >= 11 is 14.1. The summed E-state index contributed by atoms with van der Waals surface area (Å²) in [5.41, 5.74) is 5.60. The van der Waals surface area contributed by atoms with E-state index in [1.54, 1.807) is 26.6 Å². The molecular weight excluding hydrogens is 651 g/mol. The molecule has 4 aromatic rings. The Morgan fingerprint density at radius 2 is 1.46 bits per heavy atom. The highest BCUT2D eigenvalue weighted by Crippen LogP contribution is 2.42. The molecule has 0 unspecified atom stereocenters. The minimum absolute atomic E-state index is 0.126. The number of halogens is 2. The topological polar surface area (TPSA) is 120 Å². The van der Waals surface area contributed by atoms with Crippen molar-refractivity contribution in [3.8, 4) is 45.4 Å². The normalized spacial score (nSPS) is 18.8. The van der Waals surface area contributed by atoms with Gasteiger partial charge in [-0.05, 0) is 45.4 Å². The van der Waals surface area contributed by atoms with Gasteiger partial charge < -0.3 is 24.8 Å². The van der Waals surface area contributed by atoms with Crippen LogP contribution in [0.4, 0.5) is 0 Å². The van der Waals surface area contributed by atoms with Gasteiger partial charge in [0.2, 0.25) is 17.7 Å². The second kappa shape index (κ2) is 15.6. The molecule has 2 N–H and O–H groups in total. The van der Waals surface area contributed by atoms with Crippen LogP contribution in [0.1, 0.15) is 56.8 Å². The van der Waals surface area contributed by atoms with Gasteiger partial charge in [0.1, 0.15) is 11.4 Å². The highest BCUT2D eigenvalue weighted by Gasteiger charge is 2.29. The molecule has 2 aromatic carbocycles. The lowest BCUT2D eigenvalue weighted by Gasteiger charge is -2.35. The van der Waals surface area contributed by atoms with Crippen molar-refractivity contribution in [3.05, 3.63) is 70.2 Å². The average molecular weight is 692 g/mol. The van der Waals surface area contributed by atoms with E-state index < -0.39 is 0 Å².